The average molecular weight is 391 g/mol. The summed E-state index contributed by atoms with van der Waals surface area (Å²) >= 11 is 0. The molecule has 0 fully saturated rings. The largest absolute Gasteiger partial charge is 0.497 e. The van der Waals surface area contributed by atoms with E-state index in [2.05, 4.69) is 9.46 Å². The van der Waals surface area contributed by atoms with Crippen LogP contribution in [0.5, 0.6) is 5.75 Å². The number of carbonyl (C=O) groups is 1. The van der Waals surface area contributed by atoms with Crippen molar-refractivity contribution in [1.29, 1.82) is 0 Å². The number of methoxy groups -OCH3 is 2. The number of sulfonamides is 1. The topological polar surface area (TPSA) is 81.7 Å². The highest BCUT2D eigenvalue weighted by molar-refractivity contribution is 7.89. The lowest BCUT2D eigenvalue weighted by atomic mass is 9.98. The fraction of sp³-hybridized carbons (Fsp3) is 0.350. The monoisotopic (exact) mass is 391 g/mol. The fourth-order valence-electron chi connectivity index (χ4n) is 2.72. The zero-order valence-corrected chi connectivity index (χ0v) is 16.7. The molecule has 0 amide bonds. The predicted molar refractivity (Wildman–Crippen MR) is 103 cm³/mol. The fourth-order valence-corrected chi connectivity index (χ4v) is 4.01. The van der Waals surface area contributed by atoms with Gasteiger partial charge in [0.25, 0.3) is 0 Å². The molecule has 2 aromatic rings. The molecule has 0 saturated heterocycles. The van der Waals surface area contributed by atoms with Crippen LogP contribution in [-0.2, 0) is 14.8 Å². The van der Waals surface area contributed by atoms with Crippen LogP contribution < -0.4 is 9.46 Å². The van der Waals surface area contributed by atoms with Gasteiger partial charge in [0.2, 0.25) is 10.0 Å². The Morgan fingerprint density at radius 2 is 1.74 bits per heavy atom. The Kier molecular flexibility index (Phi) is 6.98. The molecule has 1 atom stereocenters. The summed E-state index contributed by atoms with van der Waals surface area (Å²) in [5, 5.41) is 0. The zero-order chi connectivity index (χ0) is 20.0. The van der Waals surface area contributed by atoms with Crippen LogP contribution >= 0.6 is 0 Å². The van der Waals surface area contributed by atoms with Crippen LogP contribution in [0.4, 0.5) is 0 Å². The van der Waals surface area contributed by atoms with E-state index in [1.54, 1.807) is 19.2 Å². The molecule has 0 heterocycles. The maximum absolute atomic E-state index is 12.9. The smallest absolute Gasteiger partial charge is 0.337 e. The summed E-state index contributed by atoms with van der Waals surface area (Å²) < 4.78 is 38.4. The highest BCUT2D eigenvalue weighted by atomic mass is 32.2. The van der Waals surface area contributed by atoms with Crippen molar-refractivity contribution in [2.45, 2.75) is 31.2 Å². The summed E-state index contributed by atoms with van der Waals surface area (Å²) in [5.74, 6) is 0.401. The molecule has 146 valence electrons. The van der Waals surface area contributed by atoms with Crippen LogP contribution in [0.25, 0.3) is 0 Å². The second kappa shape index (κ2) is 9.01. The van der Waals surface area contributed by atoms with Crippen molar-refractivity contribution in [1.82, 2.24) is 4.72 Å². The maximum Gasteiger partial charge on any atom is 0.337 e. The van der Waals surface area contributed by atoms with Crippen molar-refractivity contribution in [2.75, 3.05) is 14.2 Å². The molecule has 0 unspecified atom stereocenters. The van der Waals surface area contributed by atoms with Crippen LogP contribution in [0, 0.1) is 5.92 Å². The lowest BCUT2D eigenvalue weighted by molar-refractivity contribution is 0.0600. The van der Waals surface area contributed by atoms with E-state index < -0.39 is 22.0 Å². The lowest BCUT2D eigenvalue weighted by Crippen LogP contribution is -2.29. The van der Waals surface area contributed by atoms with E-state index in [1.165, 1.54) is 31.4 Å². The molecular formula is C20H25NO5S. The summed E-state index contributed by atoms with van der Waals surface area (Å²) in [4.78, 5) is 11.7. The number of hydrogen-bond donors (Lipinski definition) is 1. The van der Waals surface area contributed by atoms with Gasteiger partial charge >= 0.3 is 5.97 Å². The van der Waals surface area contributed by atoms with Crippen LogP contribution in [0.15, 0.2) is 53.4 Å². The third-order valence-corrected chi connectivity index (χ3v) is 5.56. The summed E-state index contributed by atoms with van der Waals surface area (Å²) in [6.45, 7) is 4.06. The molecule has 27 heavy (non-hydrogen) atoms. The Labute approximate surface area is 160 Å². The first-order chi connectivity index (χ1) is 12.8. The number of carbonyl (C=O) groups excluding carboxylic acids is 1. The quantitative estimate of drug-likeness (QED) is 0.696. The van der Waals surface area contributed by atoms with Crippen LogP contribution in [0.3, 0.4) is 0 Å². The molecule has 2 rings (SSSR count). The maximum atomic E-state index is 12.9. The van der Waals surface area contributed by atoms with Crippen molar-refractivity contribution in [3.05, 3.63) is 59.7 Å². The van der Waals surface area contributed by atoms with Gasteiger partial charge in [-0.2, -0.15) is 0 Å². The van der Waals surface area contributed by atoms with Gasteiger partial charge in [0, 0.05) is 6.04 Å². The van der Waals surface area contributed by atoms with Crippen LogP contribution in [-0.4, -0.2) is 28.6 Å². The highest BCUT2D eigenvalue weighted by Crippen LogP contribution is 2.26. The van der Waals surface area contributed by atoms with Crippen molar-refractivity contribution in [3.8, 4) is 5.75 Å². The second-order valence-corrected chi connectivity index (χ2v) is 8.31. The molecular weight excluding hydrogens is 366 g/mol. The molecule has 6 nitrogen and oxygen atoms in total. The lowest BCUT2D eigenvalue weighted by Gasteiger charge is -2.21. The molecule has 0 saturated carbocycles. The normalized spacial score (nSPS) is 12.6. The van der Waals surface area contributed by atoms with Crippen LogP contribution in [0.1, 0.15) is 42.2 Å². The number of nitrogens with one attached hydrogen (secondary N) is 1. The van der Waals surface area contributed by atoms with E-state index in [1.807, 2.05) is 26.0 Å². The predicted octanol–water partition coefficient (Wildman–Crippen LogP) is 3.55. The van der Waals surface area contributed by atoms with E-state index in [-0.39, 0.29) is 16.4 Å². The number of benzene rings is 2. The third kappa shape index (κ3) is 5.55. The minimum Gasteiger partial charge on any atom is -0.497 e. The minimum atomic E-state index is -3.82. The molecule has 0 bridgehead atoms. The van der Waals surface area contributed by atoms with Gasteiger partial charge < -0.3 is 9.47 Å². The molecule has 1 N–H and O–H groups in total. The van der Waals surface area contributed by atoms with Gasteiger partial charge in [0.05, 0.1) is 24.7 Å². The number of hydrogen-bond acceptors (Lipinski definition) is 5. The van der Waals surface area contributed by atoms with Gasteiger partial charge in [-0.3, -0.25) is 0 Å². The molecule has 0 aliphatic rings. The first-order valence-corrected chi connectivity index (χ1v) is 10.1. The molecule has 0 radical (unpaired) electrons. The molecule has 0 aromatic heterocycles. The summed E-state index contributed by atoms with van der Waals surface area (Å²) in [5.41, 5.74) is 1.03. The first-order valence-electron chi connectivity index (χ1n) is 8.61. The Morgan fingerprint density at radius 3 is 2.30 bits per heavy atom. The first kappa shape index (κ1) is 20.9. The molecule has 0 spiro atoms. The highest BCUT2D eigenvalue weighted by Gasteiger charge is 2.23. The van der Waals surface area contributed by atoms with E-state index in [0.717, 1.165) is 5.56 Å². The summed E-state index contributed by atoms with van der Waals surface area (Å²) in [6, 6.07) is 12.7. The zero-order valence-electron chi connectivity index (χ0n) is 15.9. The van der Waals surface area contributed by atoms with Crippen molar-refractivity contribution in [3.63, 3.8) is 0 Å². The van der Waals surface area contributed by atoms with Gasteiger partial charge in [-0.25, -0.2) is 17.9 Å². The number of esters is 1. The van der Waals surface area contributed by atoms with Gasteiger partial charge in [-0.05, 0) is 48.2 Å². The Hall–Kier alpha value is -2.38. The number of ether oxygens (including phenoxy) is 2. The van der Waals surface area contributed by atoms with E-state index in [4.69, 9.17) is 4.74 Å². The molecule has 2 aromatic carbocycles. The molecule has 7 heteroatoms. The Bertz CT molecular complexity index is 876. The minimum absolute atomic E-state index is 0.0210. The van der Waals surface area contributed by atoms with Crippen LogP contribution in [0.2, 0.25) is 0 Å². The second-order valence-electron chi connectivity index (χ2n) is 6.60. The summed E-state index contributed by atoms with van der Waals surface area (Å²) in [7, 11) is -0.987. The van der Waals surface area contributed by atoms with Gasteiger partial charge in [0.1, 0.15) is 5.75 Å². The van der Waals surface area contributed by atoms with E-state index >= 15 is 0 Å². The standard InChI is InChI=1S/C20H25NO5S/c1-14(2)12-19(15-8-10-17(25-3)11-9-15)21-27(23,24)18-7-5-6-16(13-18)20(22)26-4/h5-11,13-14,19,21H,12H2,1-4H3/t19-/m0/s1. The van der Waals surface area contributed by atoms with Gasteiger partial charge in [-0.1, -0.05) is 32.0 Å². The summed E-state index contributed by atoms with van der Waals surface area (Å²) in [6.07, 6.45) is 0.627. The molecule has 0 aliphatic heterocycles. The van der Waals surface area contributed by atoms with E-state index in [9.17, 15) is 13.2 Å². The average Bonchev–Trinajstić information content (AvgIpc) is 2.66. The molecule has 0 aliphatic carbocycles. The van der Waals surface area contributed by atoms with Gasteiger partial charge in [-0.15, -0.1) is 0 Å². The Balaban J connectivity index is 2.33. The SMILES string of the molecule is COC(=O)c1cccc(S(=O)(=O)N[C@@H](CC(C)C)c2ccc(OC)cc2)c1. The van der Waals surface area contributed by atoms with E-state index in [0.29, 0.717) is 12.2 Å². The van der Waals surface area contributed by atoms with Crippen molar-refractivity contribution in [2.24, 2.45) is 5.92 Å². The van der Waals surface area contributed by atoms with Gasteiger partial charge in [0.15, 0.2) is 0 Å². The van der Waals surface area contributed by atoms with Crippen molar-refractivity contribution >= 4 is 16.0 Å². The van der Waals surface area contributed by atoms with Crippen molar-refractivity contribution < 1.29 is 22.7 Å². The number of rotatable bonds is 8. The third-order valence-electron chi connectivity index (χ3n) is 4.09. The Morgan fingerprint density at radius 1 is 1.07 bits per heavy atom.